The summed E-state index contributed by atoms with van der Waals surface area (Å²) in [6.07, 6.45) is 5.23. The zero-order valence-corrected chi connectivity index (χ0v) is 11.0. The molecule has 1 atom stereocenters. The lowest BCUT2D eigenvalue weighted by Crippen LogP contribution is -2.57. The van der Waals surface area contributed by atoms with E-state index < -0.39 is 5.54 Å². The number of carbonyl (C=O) groups excluding carboxylic acids is 2. The molecule has 1 aliphatic rings. The molecule has 1 rings (SSSR count). The van der Waals surface area contributed by atoms with Gasteiger partial charge in [0.2, 0.25) is 5.91 Å². The summed E-state index contributed by atoms with van der Waals surface area (Å²) >= 11 is 0. The quantitative estimate of drug-likeness (QED) is 0.766. The molecule has 0 radical (unpaired) electrons. The molecule has 1 aliphatic carbocycles. The van der Waals surface area contributed by atoms with Gasteiger partial charge in [-0.25, -0.2) is 4.79 Å². The molecule has 4 nitrogen and oxygen atoms in total. The van der Waals surface area contributed by atoms with Crippen LogP contribution < -0.4 is 5.32 Å². The van der Waals surface area contributed by atoms with E-state index in [1.165, 1.54) is 7.11 Å². The van der Waals surface area contributed by atoms with Crippen molar-refractivity contribution in [1.29, 1.82) is 0 Å². The molecule has 0 aromatic heterocycles. The van der Waals surface area contributed by atoms with Crippen molar-refractivity contribution >= 4 is 11.9 Å². The van der Waals surface area contributed by atoms with Crippen molar-refractivity contribution in [2.45, 2.75) is 57.9 Å². The average molecular weight is 241 g/mol. The Kier molecular flexibility index (Phi) is 4.97. The van der Waals surface area contributed by atoms with Crippen LogP contribution in [0.3, 0.4) is 0 Å². The fourth-order valence-electron chi connectivity index (χ4n) is 2.28. The van der Waals surface area contributed by atoms with Gasteiger partial charge in [0.1, 0.15) is 5.54 Å². The second-order valence-corrected chi connectivity index (χ2v) is 4.93. The van der Waals surface area contributed by atoms with Gasteiger partial charge in [-0.1, -0.05) is 33.1 Å². The number of esters is 1. The Morgan fingerprint density at radius 1 is 1.29 bits per heavy atom. The Morgan fingerprint density at radius 3 is 2.35 bits per heavy atom. The fourth-order valence-corrected chi connectivity index (χ4v) is 2.28. The molecule has 0 saturated heterocycles. The number of amides is 1. The van der Waals surface area contributed by atoms with E-state index in [1.807, 2.05) is 13.8 Å². The molecule has 1 fully saturated rings. The molecule has 4 heteroatoms. The largest absolute Gasteiger partial charge is 0.467 e. The summed E-state index contributed by atoms with van der Waals surface area (Å²) in [5.74, 6) is -0.396. The number of ether oxygens (including phenoxy) is 1. The lowest BCUT2D eigenvalue weighted by molar-refractivity contribution is -0.153. The van der Waals surface area contributed by atoms with Crippen LogP contribution in [0.4, 0.5) is 0 Å². The van der Waals surface area contributed by atoms with Gasteiger partial charge in [0.15, 0.2) is 0 Å². The first-order valence-electron chi connectivity index (χ1n) is 6.46. The van der Waals surface area contributed by atoms with Crippen molar-refractivity contribution in [3.05, 3.63) is 0 Å². The molecule has 98 valence electrons. The molecule has 0 aliphatic heterocycles. The van der Waals surface area contributed by atoms with E-state index in [2.05, 4.69) is 5.32 Å². The summed E-state index contributed by atoms with van der Waals surface area (Å²) < 4.78 is 4.85. The van der Waals surface area contributed by atoms with Gasteiger partial charge >= 0.3 is 5.97 Å². The maximum atomic E-state index is 11.9. The first-order valence-corrected chi connectivity index (χ1v) is 6.46. The van der Waals surface area contributed by atoms with Crippen molar-refractivity contribution in [1.82, 2.24) is 5.32 Å². The molecular formula is C13H23NO3. The molecule has 0 spiro atoms. The molecule has 1 N–H and O–H groups in total. The van der Waals surface area contributed by atoms with E-state index in [0.717, 1.165) is 25.7 Å². The molecule has 0 unspecified atom stereocenters. The molecular weight excluding hydrogens is 218 g/mol. The van der Waals surface area contributed by atoms with Gasteiger partial charge in [-0.3, -0.25) is 4.79 Å². The van der Waals surface area contributed by atoms with Crippen molar-refractivity contribution in [3.63, 3.8) is 0 Å². The SMILES string of the molecule is CC[C@H](C)C(=O)NC1(C(=O)OC)CCCCC1. The average Bonchev–Trinajstić information content (AvgIpc) is 2.37. The van der Waals surface area contributed by atoms with Crippen molar-refractivity contribution < 1.29 is 14.3 Å². The highest BCUT2D eigenvalue weighted by Crippen LogP contribution is 2.29. The molecule has 1 saturated carbocycles. The van der Waals surface area contributed by atoms with E-state index in [-0.39, 0.29) is 17.8 Å². The standard InChI is InChI=1S/C13H23NO3/c1-4-10(2)11(15)14-13(12(16)17-3)8-6-5-7-9-13/h10H,4-9H2,1-3H3,(H,14,15)/t10-/m0/s1. The number of carbonyl (C=O) groups is 2. The molecule has 17 heavy (non-hydrogen) atoms. The summed E-state index contributed by atoms with van der Waals surface area (Å²) in [5, 5.41) is 2.92. The first-order chi connectivity index (χ1) is 8.05. The lowest BCUT2D eigenvalue weighted by Gasteiger charge is -2.35. The second kappa shape index (κ2) is 6.03. The summed E-state index contributed by atoms with van der Waals surface area (Å²) in [5.41, 5.74) is -0.770. The van der Waals surface area contributed by atoms with Crippen LogP contribution in [-0.4, -0.2) is 24.5 Å². The number of nitrogens with one attached hydrogen (secondary N) is 1. The first kappa shape index (κ1) is 14.0. The Balaban J connectivity index is 2.76. The van der Waals surface area contributed by atoms with Crippen LogP contribution in [0.1, 0.15) is 52.4 Å². The van der Waals surface area contributed by atoms with Gasteiger partial charge in [-0.15, -0.1) is 0 Å². The summed E-state index contributed by atoms with van der Waals surface area (Å²) in [6, 6.07) is 0. The Hall–Kier alpha value is -1.06. The molecule has 0 aromatic carbocycles. The van der Waals surface area contributed by atoms with Gasteiger partial charge in [0.25, 0.3) is 0 Å². The lowest BCUT2D eigenvalue weighted by atomic mass is 9.81. The van der Waals surface area contributed by atoms with Crippen LogP contribution in [0, 0.1) is 5.92 Å². The van der Waals surface area contributed by atoms with Crippen LogP contribution in [0.15, 0.2) is 0 Å². The highest BCUT2D eigenvalue weighted by atomic mass is 16.5. The van der Waals surface area contributed by atoms with Gasteiger partial charge in [-0.2, -0.15) is 0 Å². The summed E-state index contributed by atoms with van der Waals surface area (Å²) in [4.78, 5) is 23.8. The Bertz CT molecular complexity index is 282. The van der Waals surface area contributed by atoms with Crippen molar-refractivity contribution in [2.24, 2.45) is 5.92 Å². The number of hydrogen-bond donors (Lipinski definition) is 1. The fraction of sp³-hybridized carbons (Fsp3) is 0.846. The van der Waals surface area contributed by atoms with Crippen molar-refractivity contribution in [3.8, 4) is 0 Å². The predicted octanol–water partition coefficient (Wildman–Crippen LogP) is 2.02. The highest BCUT2D eigenvalue weighted by molar-refractivity contribution is 5.88. The minimum absolute atomic E-state index is 0.0419. The van der Waals surface area contributed by atoms with Gasteiger partial charge in [0.05, 0.1) is 7.11 Å². The minimum Gasteiger partial charge on any atom is -0.467 e. The third-order valence-electron chi connectivity index (χ3n) is 3.71. The van der Waals surface area contributed by atoms with Crippen LogP contribution in [0.5, 0.6) is 0 Å². The summed E-state index contributed by atoms with van der Waals surface area (Å²) in [7, 11) is 1.38. The third kappa shape index (κ3) is 3.20. The summed E-state index contributed by atoms with van der Waals surface area (Å²) in [6.45, 7) is 3.85. The van der Waals surface area contributed by atoms with Gasteiger partial charge < -0.3 is 10.1 Å². The normalized spacial score (nSPS) is 20.4. The monoisotopic (exact) mass is 241 g/mol. The van der Waals surface area contributed by atoms with E-state index in [0.29, 0.717) is 12.8 Å². The number of methoxy groups -OCH3 is 1. The van der Waals surface area contributed by atoms with Crippen LogP contribution in [-0.2, 0) is 14.3 Å². The maximum absolute atomic E-state index is 11.9. The van der Waals surface area contributed by atoms with Crippen molar-refractivity contribution in [2.75, 3.05) is 7.11 Å². The van der Waals surface area contributed by atoms with Gasteiger partial charge in [-0.05, 0) is 19.3 Å². The predicted molar refractivity (Wildman–Crippen MR) is 65.4 cm³/mol. The number of rotatable bonds is 4. The molecule has 1 amide bonds. The third-order valence-corrected chi connectivity index (χ3v) is 3.71. The Labute approximate surface area is 103 Å². The van der Waals surface area contributed by atoms with E-state index in [4.69, 9.17) is 4.74 Å². The zero-order valence-electron chi connectivity index (χ0n) is 11.0. The second-order valence-electron chi connectivity index (χ2n) is 4.93. The van der Waals surface area contributed by atoms with Gasteiger partial charge in [0, 0.05) is 5.92 Å². The molecule has 0 aromatic rings. The minimum atomic E-state index is -0.770. The van der Waals surface area contributed by atoms with Crippen LogP contribution >= 0.6 is 0 Å². The smallest absolute Gasteiger partial charge is 0.331 e. The highest BCUT2D eigenvalue weighted by Gasteiger charge is 2.42. The van der Waals surface area contributed by atoms with E-state index in [9.17, 15) is 9.59 Å². The molecule has 0 bridgehead atoms. The number of hydrogen-bond acceptors (Lipinski definition) is 3. The molecule has 0 heterocycles. The maximum Gasteiger partial charge on any atom is 0.331 e. The van der Waals surface area contributed by atoms with E-state index >= 15 is 0 Å². The zero-order chi connectivity index (χ0) is 12.9. The van der Waals surface area contributed by atoms with Crippen LogP contribution in [0.25, 0.3) is 0 Å². The van der Waals surface area contributed by atoms with E-state index in [1.54, 1.807) is 0 Å². The van der Waals surface area contributed by atoms with Crippen LogP contribution in [0.2, 0.25) is 0 Å². The topological polar surface area (TPSA) is 55.4 Å². The Morgan fingerprint density at radius 2 is 1.88 bits per heavy atom.